The first-order valence-corrected chi connectivity index (χ1v) is 9.32. The number of ether oxygens (including phenoxy) is 1. The van der Waals surface area contributed by atoms with E-state index in [2.05, 4.69) is 10.0 Å². The summed E-state index contributed by atoms with van der Waals surface area (Å²) in [5.41, 5.74) is -0.570. The molecule has 0 aromatic heterocycles. The van der Waals surface area contributed by atoms with Crippen molar-refractivity contribution in [2.45, 2.75) is 38.1 Å². The lowest BCUT2D eigenvalue weighted by molar-refractivity contribution is -0.123. The van der Waals surface area contributed by atoms with Gasteiger partial charge in [-0.3, -0.25) is 10.1 Å². The Balaban J connectivity index is 2.67. The highest BCUT2D eigenvalue weighted by Crippen LogP contribution is 2.14. The fourth-order valence-corrected chi connectivity index (χ4v) is 3.23. The van der Waals surface area contributed by atoms with Crippen LogP contribution in [0.1, 0.15) is 38.1 Å². The van der Waals surface area contributed by atoms with Crippen molar-refractivity contribution in [1.29, 1.82) is 0 Å². The molecular weight excluding hydrogens is 362 g/mol. The van der Waals surface area contributed by atoms with Gasteiger partial charge < -0.3 is 10.1 Å². The van der Waals surface area contributed by atoms with Gasteiger partial charge in [-0.25, -0.2) is 22.7 Å². The van der Waals surface area contributed by atoms with Gasteiger partial charge in [-0.15, -0.1) is 0 Å². The second-order valence-corrected chi connectivity index (χ2v) is 8.05. The van der Waals surface area contributed by atoms with Crippen LogP contribution in [0.25, 0.3) is 0 Å². The lowest BCUT2D eigenvalue weighted by atomic mass is 10.1. The predicted octanol–water partition coefficient (Wildman–Crippen LogP) is 0.766. The van der Waals surface area contributed by atoms with E-state index in [9.17, 15) is 22.8 Å². The molecule has 1 rings (SSSR count). The summed E-state index contributed by atoms with van der Waals surface area (Å²) in [5.74, 6) is -1.60. The summed E-state index contributed by atoms with van der Waals surface area (Å²) in [4.78, 5) is 34.5. The number of imide groups is 1. The molecular formula is C16H23N3O6S. The zero-order valence-corrected chi connectivity index (χ0v) is 15.9. The molecule has 10 heteroatoms. The van der Waals surface area contributed by atoms with E-state index in [-0.39, 0.29) is 10.5 Å². The second-order valence-electron chi connectivity index (χ2n) is 6.36. The SMILES string of the molecule is CCNC(=O)NC(=O)COC(=O)c1ccc(S(=O)(=O)NC(C)(C)C)cc1. The average molecular weight is 385 g/mol. The highest BCUT2D eigenvalue weighted by molar-refractivity contribution is 7.89. The van der Waals surface area contributed by atoms with Gasteiger partial charge in [0.15, 0.2) is 6.61 Å². The van der Waals surface area contributed by atoms with Gasteiger partial charge in [-0.1, -0.05) is 0 Å². The van der Waals surface area contributed by atoms with Gasteiger partial charge in [0.25, 0.3) is 5.91 Å². The Hall–Kier alpha value is -2.46. The molecule has 9 nitrogen and oxygen atoms in total. The molecule has 26 heavy (non-hydrogen) atoms. The van der Waals surface area contributed by atoms with Crippen molar-refractivity contribution in [3.8, 4) is 0 Å². The first-order chi connectivity index (χ1) is 11.9. The number of hydrogen-bond donors (Lipinski definition) is 3. The standard InChI is InChI=1S/C16H23N3O6S/c1-5-17-15(22)18-13(20)10-25-14(21)11-6-8-12(9-7-11)26(23,24)19-16(2,3)4/h6-9,19H,5,10H2,1-4H3,(H2,17,18,20,22). The van der Waals surface area contributed by atoms with Crippen molar-refractivity contribution in [2.75, 3.05) is 13.2 Å². The monoisotopic (exact) mass is 385 g/mol. The molecule has 0 aliphatic heterocycles. The molecule has 1 aromatic carbocycles. The number of esters is 1. The number of urea groups is 1. The van der Waals surface area contributed by atoms with E-state index in [1.165, 1.54) is 24.3 Å². The molecule has 3 amide bonds. The Morgan fingerprint density at radius 2 is 1.65 bits per heavy atom. The highest BCUT2D eigenvalue weighted by atomic mass is 32.2. The quantitative estimate of drug-likeness (QED) is 0.620. The summed E-state index contributed by atoms with van der Waals surface area (Å²) in [6.45, 7) is 6.52. The van der Waals surface area contributed by atoms with E-state index in [1.54, 1.807) is 27.7 Å². The molecule has 0 spiro atoms. The minimum Gasteiger partial charge on any atom is -0.452 e. The minimum atomic E-state index is -3.72. The van der Waals surface area contributed by atoms with Gasteiger partial charge in [0.05, 0.1) is 10.5 Å². The molecule has 0 aliphatic rings. The maximum atomic E-state index is 12.2. The van der Waals surface area contributed by atoms with Gasteiger partial charge in [-0.2, -0.15) is 0 Å². The third kappa shape index (κ3) is 7.19. The van der Waals surface area contributed by atoms with Gasteiger partial charge in [0.2, 0.25) is 10.0 Å². The highest BCUT2D eigenvalue weighted by Gasteiger charge is 2.22. The lowest BCUT2D eigenvalue weighted by Crippen LogP contribution is -2.41. The lowest BCUT2D eigenvalue weighted by Gasteiger charge is -2.20. The largest absolute Gasteiger partial charge is 0.452 e. The molecule has 0 radical (unpaired) electrons. The van der Waals surface area contributed by atoms with E-state index in [0.29, 0.717) is 6.54 Å². The van der Waals surface area contributed by atoms with Gasteiger partial charge in [-0.05, 0) is 52.0 Å². The summed E-state index contributed by atoms with van der Waals surface area (Å²) < 4.78 is 31.6. The second kappa shape index (κ2) is 8.77. The Labute approximate surface area is 152 Å². The Kier molecular flexibility index (Phi) is 7.28. The molecule has 144 valence electrons. The third-order valence-electron chi connectivity index (χ3n) is 2.77. The van der Waals surface area contributed by atoms with Crippen LogP contribution in [0.15, 0.2) is 29.2 Å². The van der Waals surface area contributed by atoms with Crippen LogP contribution < -0.4 is 15.4 Å². The van der Waals surface area contributed by atoms with Crippen LogP contribution in [0.3, 0.4) is 0 Å². The maximum absolute atomic E-state index is 12.2. The van der Waals surface area contributed by atoms with Crippen LogP contribution in [-0.4, -0.2) is 45.0 Å². The Morgan fingerprint density at radius 1 is 1.08 bits per heavy atom. The molecule has 0 saturated carbocycles. The third-order valence-corrected chi connectivity index (χ3v) is 4.54. The van der Waals surface area contributed by atoms with Gasteiger partial charge in [0.1, 0.15) is 0 Å². The summed E-state index contributed by atoms with van der Waals surface area (Å²) in [7, 11) is -3.72. The molecule has 3 N–H and O–H groups in total. The van der Waals surface area contributed by atoms with Gasteiger partial charge in [0, 0.05) is 12.1 Å². The topological polar surface area (TPSA) is 131 Å². The summed E-state index contributed by atoms with van der Waals surface area (Å²) in [5, 5.41) is 4.34. The van der Waals surface area contributed by atoms with Crippen molar-refractivity contribution in [1.82, 2.24) is 15.4 Å². The molecule has 0 unspecified atom stereocenters. The summed E-state index contributed by atoms with van der Waals surface area (Å²) in [6, 6.07) is 4.40. The number of carbonyl (C=O) groups is 3. The molecule has 0 saturated heterocycles. The van der Waals surface area contributed by atoms with Crippen LogP contribution in [0.5, 0.6) is 0 Å². The maximum Gasteiger partial charge on any atom is 0.338 e. The number of nitrogens with one attached hydrogen (secondary N) is 3. The summed E-state index contributed by atoms with van der Waals surface area (Å²) >= 11 is 0. The zero-order valence-electron chi connectivity index (χ0n) is 15.1. The molecule has 0 bridgehead atoms. The van der Waals surface area contributed by atoms with Crippen LogP contribution in [0.4, 0.5) is 4.79 Å². The molecule has 1 aromatic rings. The van der Waals surface area contributed by atoms with E-state index >= 15 is 0 Å². The smallest absolute Gasteiger partial charge is 0.338 e. The van der Waals surface area contributed by atoms with Crippen molar-refractivity contribution in [2.24, 2.45) is 0 Å². The number of sulfonamides is 1. The molecule has 0 atom stereocenters. The average Bonchev–Trinajstić information content (AvgIpc) is 2.50. The van der Waals surface area contributed by atoms with Crippen molar-refractivity contribution < 1.29 is 27.5 Å². The normalized spacial score (nSPS) is 11.5. The van der Waals surface area contributed by atoms with E-state index in [4.69, 9.17) is 4.74 Å². The van der Waals surface area contributed by atoms with E-state index in [0.717, 1.165) is 0 Å². The van der Waals surface area contributed by atoms with Crippen LogP contribution >= 0.6 is 0 Å². The van der Waals surface area contributed by atoms with Crippen molar-refractivity contribution in [3.63, 3.8) is 0 Å². The van der Waals surface area contributed by atoms with Crippen LogP contribution in [0, 0.1) is 0 Å². The van der Waals surface area contributed by atoms with Crippen LogP contribution in [-0.2, 0) is 19.6 Å². The number of benzene rings is 1. The minimum absolute atomic E-state index is 0.00189. The zero-order chi connectivity index (χ0) is 20.0. The number of amides is 3. The Morgan fingerprint density at radius 3 is 2.15 bits per heavy atom. The first kappa shape index (κ1) is 21.6. The number of hydrogen-bond acceptors (Lipinski definition) is 6. The van der Waals surface area contributed by atoms with E-state index in [1.807, 2.05) is 5.32 Å². The number of carbonyl (C=O) groups excluding carboxylic acids is 3. The number of rotatable bonds is 6. The fourth-order valence-electron chi connectivity index (χ4n) is 1.81. The summed E-state index contributed by atoms with van der Waals surface area (Å²) in [6.07, 6.45) is 0. The Bertz CT molecular complexity index is 766. The van der Waals surface area contributed by atoms with Gasteiger partial charge >= 0.3 is 12.0 Å². The molecule has 0 fully saturated rings. The van der Waals surface area contributed by atoms with Crippen molar-refractivity contribution in [3.05, 3.63) is 29.8 Å². The predicted molar refractivity (Wildman–Crippen MR) is 94.0 cm³/mol. The van der Waals surface area contributed by atoms with Crippen LogP contribution in [0.2, 0.25) is 0 Å². The van der Waals surface area contributed by atoms with E-state index < -0.39 is 40.1 Å². The first-order valence-electron chi connectivity index (χ1n) is 7.83. The molecule has 0 heterocycles. The van der Waals surface area contributed by atoms with Crippen molar-refractivity contribution >= 4 is 27.9 Å². The fraction of sp³-hybridized carbons (Fsp3) is 0.438. The molecule has 0 aliphatic carbocycles.